The lowest BCUT2D eigenvalue weighted by Crippen LogP contribution is -2.30. The van der Waals surface area contributed by atoms with Crippen molar-refractivity contribution in [2.24, 2.45) is 11.8 Å². The maximum Gasteiger partial charge on any atom is 0.472 e. The number of esters is 4. The summed E-state index contributed by atoms with van der Waals surface area (Å²) in [6, 6.07) is 0. The fraction of sp³-hybridized carbons (Fsp3) is 0.943. The van der Waals surface area contributed by atoms with Gasteiger partial charge >= 0.3 is 39.5 Å². The van der Waals surface area contributed by atoms with Gasteiger partial charge in [-0.1, -0.05) is 305 Å². The molecule has 0 saturated carbocycles. The highest BCUT2D eigenvalue weighted by molar-refractivity contribution is 7.47. The number of aliphatic hydroxyl groups is 1. The highest BCUT2D eigenvalue weighted by Gasteiger charge is 2.30. The van der Waals surface area contributed by atoms with E-state index in [-0.39, 0.29) is 25.7 Å². The zero-order valence-electron chi connectivity index (χ0n) is 57.7. The number of phosphoric ester groups is 2. The summed E-state index contributed by atoms with van der Waals surface area (Å²) in [5, 5.41) is 10.6. The van der Waals surface area contributed by atoms with Gasteiger partial charge < -0.3 is 33.8 Å². The smallest absolute Gasteiger partial charge is 0.462 e. The molecule has 0 aliphatic rings. The van der Waals surface area contributed by atoms with E-state index in [9.17, 15) is 43.2 Å². The van der Waals surface area contributed by atoms with Gasteiger partial charge in [-0.2, -0.15) is 0 Å². The minimum atomic E-state index is -4.95. The molecule has 0 aliphatic heterocycles. The number of carbonyl (C=O) groups is 4. The summed E-state index contributed by atoms with van der Waals surface area (Å²) in [5.74, 6) is -0.641. The molecule has 528 valence electrons. The average Bonchev–Trinajstić information content (AvgIpc) is 3.55. The average molecular weight is 1310 g/mol. The van der Waals surface area contributed by atoms with Crippen LogP contribution in [0.1, 0.15) is 356 Å². The van der Waals surface area contributed by atoms with Gasteiger partial charge in [0.1, 0.15) is 19.3 Å². The van der Waals surface area contributed by atoms with Gasteiger partial charge in [-0.25, -0.2) is 9.13 Å². The van der Waals surface area contributed by atoms with Gasteiger partial charge in [0.2, 0.25) is 0 Å². The maximum atomic E-state index is 13.0. The first-order chi connectivity index (χ1) is 42.9. The molecule has 0 amide bonds. The zero-order chi connectivity index (χ0) is 65.7. The SMILES string of the molecule is CCCCCCCCCCCCCCCCC(=O)OC[C@H](COP(=O)(O)OC[C@@H](O)COP(=O)(O)OC[C@@H](COC(=O)CCCCCCCCCCCC)OC(=O)CCCCCCCCCCC(C)C)OC(=O)CCCCCCCCCCCCCC(C)C. The predicted molar refractivity (Wildman–Crippen MR) is 358 cm³/mol. The Morgan fingerprint density at radius 1 is 0.303 bits per heavy atom. The number of ether oxygens (including phenoxy) is 4. The molecule has 0 aromatic rings. The van der Waals surface area contributed by atoms with Crippen LogP contribution in [0.3, 0.4) is 0 Å². The van der Waals surface area contributed by atoms with E-state index < -0.39 is 97.5 Å². The monoisotopic (exact) mass is 1310 g/mol. The maximum absolute atomic E-state index is 13.0. The van der Waals surface area contributed by atoms with E-state index >= 15 is 0 Å². The lowest BCUT2D eigenvalue weighted by atomic mass is 10.0. The molecule has 0 rings (SSSR count). The third-order valence-electron chi connectivity index (χ3n) is 16.2. The second-order valence-corrected chi connectivity index (χ2v) is 29.1. The summed E-state index contributed by atoms with van der Waals surface area (Å²) < 4.78 is 68.3. The summed E-state index contributed by atoms with van der Waals surface area (Å²) >= 11 is 0. The van der Waals surface area contributed by atoms with Crippen molar-refractivity contribution in [3.63, 3.8) is 0 Å². The van der Waals surface area contributed by atoms with E-state index in [1.165, 1.54) is 173 Å². The summed E-state index contributed by atoms with van der Waals surface area (Å²) in [7, 11) is -9.90. The Balaban J connectivity index is 5.25. The highest BCUT2D eigenvalue weighted by Crippen LogP contribution is 2.45. The van der Waals surface area contributed by atoms with Crippen molar-refractivity contribution in [2.45, 2.75) is 374 Å². The minimum Gasteiger partial charge on any atom is -0.462 e. The van der Waals surface area contributed by atoms with Crippen LogP contribution in [0.25, 0.3) is 0 Å². The van der Waals surface area contributed by atoms with Crippen LogP contribution in [0.5, 0.6) is 0 Å². The Morgan fingerprint density at radius 2 is 0.517 bits per heavy atom. The summed E-state index contributed by atoms with van der Waals surface area (Å²) in [5.41, 5.74) is 0. The predicted octanol–water partition coefficient (Wildman–Crippen LogP) is 20.0. The first-order valence-corrected chi connectivity index (χ1v) is 39.5. The van der Waals surface area contributed by atoms with Crippen molar-refractivity contribution in [3.05, 3.63) is 0 Å². The van der Waals surface area contributed by atoms with E-state index in [1.807, 2.05) is 0 Å². The van der Waals surface area contributed by atoms with Gasteiger partial charge in [0, 0.05) is 25.7 Å². The molecular weight excluding hydrogens is 1170 g/mol. The second-order valence-electron chi connectivity index (χ2n) is 26.2. The van der Waals surface area contributed by atoms with Gasteiger partial charge in [0.05, 0.1) is 26.4 Å². The number of hydrogen-bond acceptors (Lipinski definition) is 15. The summed E-state index contributed by atoms with van der Waals surface area (Å²) in [6.45, 7) is 9.50. The Labute approximate surface area is 543 Å². The minimum absolute atomic E-state index is 0.105. The first-order valence-electron chi connectivity index (χ1n) is 36.5. The van der Waals surface area contributed by atoms with Crippen LogP contribution in [0, 0.1) is 11.8 Å². The zero-order valence-corrected chi connectivity index (χ0v) is 59.5. The normalized spacial score (nSPS) is 14.1. The fourth-order valence-corrected chi connectivity index (χ4v) is 12.2. The van der Waals surface area contributed by atoms with Crippen LogP contribution in [0.15, 0.2) is 0 Å². The number of rotatable bonds is 69. The van der Waals surface area contributed by atoms with Crippen molar-refractivity contribution < 1.29 is 80.2 Å². The molecule has 89 heavy (non-hydrogen) atoms. The van der Waals surface area contributed by atoms with E-state index in [1.54, 1.807) is 0 Å². The molecule has 0 heterocycles. The van der Waals surface area contributed by atoms with Crippen LogP contribution in [-0.4, -0.2) is 96.7 Å². The van der Waals surface area contributed by atoms with Crippen LogP contribution < -0.4 is 0 Å². The van der Waals surface area contributed by atoms with Gasteiger partial charge in [0.25, 0.3) is 0 Å². The van der Waals surface area contributed by atoms with E-state index in [0.29, 0.717) is 25.7 Å². The van der Waals surface area contributed by atoms with E-state index in [0.717, 1.165) is 102 Å². The second kappa shape index (κ2) is 62.2. The summed E-state index contributed by atoms with van der Waals surface area (Å²) in [4.78, 5) is 72.5. The third-order valence-corrected chi connectivity index (χ3v) is 18.1. The lowest BCUT2D eigenvalue weighted by Gasteiger charge is -2.21. The molecule has 17 nitrogen and oxygen atoms in total. The molecule has 0 aliphatic carbocycles. The largest absolute Gasteiger partial charge is 0.472 e. The molecule has 0 spiro atoms. The Kier molecular flexibility index (Phi) is 60.8. The number of aliphatic hydroxyl groups excluding tert-OH is 1. The van der Waals surface area contributed by atoms with Gasteiger partial charge in [-0.05, 0) is 37.5 Å². The van der Waals surface area contributed by atoms with Gasteiger partial charge in [0.15, 0.2) is 12.2 Å². The molecule has 19 heteroatoms. The Morgan fingerprint density at radius 3 is 0.764 bits per heavy atom. The van der Waals surface area contributed by atoms with Crippen LogP contribution in [-0.2, 0) is 65.4 Å². The van der Waals surface area contributed by atoms with Crippen molar-refractivity contribution in [1.29, 1.82) is 0 Å². The Bertz CT molecular complexity index is 1730. The quantitative estimate of drug-likeness (QED) is 0.0222. The molecular formula is C70H136O17P2. The lowest BCUT2D eigenvalue weighted by molar-refractivity contribution is -0.161. The molecule has 0 bridgehead atoms. The van der Waals surface area contributed by atoms with Crippen LogP contribution in [0.4, 0.5) is 0 Å². The van der Waals surface area contributed by atoms with Crippen LogP contribution in [0.2, 0.25) is 0 Å². The number of unbranched alkanes of at least 4 members (excludes halogenated alkanes) is 39. The van der Waals surface area contributed by atoms with Crippen molar-refractivity contribution in [1.82, 2.24) is 0 Å². The van der Waals surface area contributed by atoms with E-state index in [2.05, 4.69) is 41.5 Å². The highest BCUT2D eigenvalue weighted by atomic mass is 31.2. The van der Waals surface area contributed by atoms with Crippen molar-refractivity contribution >= 4 is 39.5 Å². The molecule has 0 aromatic carbocycles. The number of hydrogen-bond donors (Lipinski definition) is 3. The van der Waals surface area contributed by atoms with Crippen molar-refractivity contribution in [2.75, 3.05) is 39.6 Å². The standard InChI is InChI=1S/C70H136O17P2/c1-7-9-11-13-15-17-19-20-21-24-28-35-41-47-53-68(73)81-58-65(86-69(74)54-48-42-36-29-25-22-23-26-32-38-44-50-62(3)4)60-84-88(76,77)82-56-64(71)57-83-89(78,79)85-61-66(59-80-67(72)52-46-40-34-27-18-16-14-12-10-8-2)87-70(75)55-49-43-37-31-30-33-39-45-51-63(5)6/h62-66,71H,7-61H2,1-6H3,(H,76,77)(H,78,79)/t64-,65-,66-/m1/s1. The molecule has 5 atom stereocenters. The molecule has 0 radical (unpaired) electrons. The first kappa shape index (κ1) is 87.1. The van der Waals surface area contributed by atoms with Gasteiger partial charge in [-0.3, -0.25) is 37.3 Å². The van der Waals surface area contributed by atoms with E-state index in [4.69, 9.17) is 37.0 Å². The molecule has 0 saturated heterocycles. The summed E-state index contributed by atoms with van der Waals surface area (Å²) in [6.07, 6.45) is 47.1. The number of carbonyl (C=O) groups excluding carboxylic acids is 4. The van der Waals surface area contributed by atoms with Gasteiger partial charge in [-0.15, -0.1) is 0 Å². The topological polar surface area (TPSA) is 237 Å². The third kappa shape index (κ3) is 64.6. The molecule has 3 N–H and O–H groups in total. The molecule has 0 aromatic heterocycles. The van der Waals surface area contributed by atoms with Crippen LogP contribution >= 0.6 is 15.6 Å². The molecule has 0 fully saturated rings. The van der Waals surface area contributed by atoms with Crippen molar-refractivity contribution in [3.8, 4) is 0 Å². The Hall–Kier alpha value is -1.94. The molecule has 2 unspecified atom stereocenters. The number of phosphoric acid groups is 2. The fourth-order valence-electron chi connectivity index (χ4n) is 10.6.